The fourth-order valence-electron chi connectivity index (χ4n) is 2.60. The maximum absolute atomic E-state index is 5.58. The van der Waals surface area contributed by atoms with Crippen molar-refractivity contribution in [3.8, 4) is 11.5 Å². The third-order valence-electron chi connectivity index (χ3n) is 3.87. The summed E-state index contributed by atoms with van der Waals surface area (Å²) in [5.74, 6) is 2.76. The molecule has 0 aromatic heterocycles. The van der Waals surface area contributed by atoms with Crippen LogP contribution in [0.3, 0.4) is 0 Å². The van der Waals surface area contributed by atoms with Crippen molar-refractivity contribution in [3.63, 3.8) is 0 Å². The van der Waals surface area contributed by atoms with Gasteiger partial charge in [0.15, 0.2) is 0 Å². The first kappa shape index (κ1) is 15.6. The minimum atomic E-state index is 0.869. The van der Waals surface area contributed by atoms with E-state index >= 15 is 0 Å². The van der Waals surface area contributed by atoms with Crippen LogP contribution in [0.15, 0.2) is 60.7 Å². The van der Waals surface area contributed by atoms with Gasteiger partial charge in [-0.3, -0.25) is 0 Å². The monoisotopic (exact) mass is 282 g/mol. The van der Waals surface area contributed by atoms with Gasteiger partial charge in [-0.25, -0.2) is 0 Å². The van der Waals surface area contributed by atoms with Crippen LogP contribution < -0.4 is 4.74 Å². The van der Waals surface area contributed by atoms with Gasteiger partial charge < -0.3 is 4.74 Å². The second-order valence-electron chi connectivity index (χ2n) is 5.82. The highest BCUT2D eigenvalue weighted by Crippen LogP contribution is 2.21. The minimum Gasteiger partial charge on any atom is -0.457 e. The summed E-state index contributed by atoms with van der Waals surface area (Å²) in [7, 11) is 0. The lowest BCUT2D eigenvalue weighted by Crippen LogP contribution is -1.88. The van der Waals surface area contributed by atoms with Gasteiger partial charge in [0.1, 0.15) is 11.5 Å². The van der Waals surface area contributed by atoms with Crippen LogP contribution in [0.5, 0.6) is 11.5 Å². The molecule has 0 spiro atoms. The third kappa shape index (κ3) is 6.48. The minimum absolute atomic E-state index is 0.869. The van der Waals surface area contributed by atoms with Crippen LogP contribution in [0.1, 0.15) is 45.4 Å². The van der Waals surface area contributed by atoms with Gasteiger partial charge in [0.2, 0.25) is 0 Å². The zero-order chi connectivity index (χ0) is 14.8. The second kappa shape index (κ2) is 9.23. The van der Waals surface area contributed by atoms with E-state index in [1.54, 1.807) is 0 Å². The number of hydrogen-bond donors (Lipinski definition) is 0. The fourth-order valence-corrected chi connectivity index (χ4v) is 2.60. The maximum Gasteiger partial charge on any atom is 0.127 e. The summed E-state index contributed by atoms with van der Waals surface area (Å²) in [6.45, 7) is 2.38. The molecule has 1 aliphatic carbocycles. The quantitative estimate of drug-likeness (QED) is 0.575. The van der Waals surface area contributed by atoms with Crippen molar-refractivity contribution in [3.05, 3.63) is 60.7 Å². The van der Waals surface area contributed by atoms with Gasteiger partial charge in [0.05, 0.1) is 0 Å². The average molecular weight is 282 g/mol. The first-order valence-corrected chi connectivity index (χ1v) is 8.12. The molecular weight excluding hydrogens is 256 g/mol. The van der Waals surface area contributed by atoms with E-state index in [1.807, 2.05) is 60.7 Å². The SMILES string of the molecule is CC1CCCCCC1.c1ccc(Oc2ccccc2)cc1. The zero-order valence-corrected chi connectivity index (χ0v) is 13.0. The van der Waals surface area contributed by atoms with Gasteiger partial charge in [0, 0.05) is 0 Å². The van der Waals surface area contributed by atoms with Crippen LogP contribution in [0.2, 0.25) is 0 Å². The maximum atomic E-state index is 5.58. The van der Waals surface area contributed by atoms with E-state index in [-0.39, 0.29) is 0 Å². The van der Waals surface area contributed by atoms with E-state index in [0.29, 0.717) is 0 Å². The van der Waals surface area contributed by atoms with Gasteiger partial charge in [-0.15, -0.1) is 0 Å². The Labute approximate surface area is 129 Å². The van der Waals surface area contributed by atoms with E-state index in [1.165, 1.54) is 38.5 Å². The Morgan fingerprint density at radius 1 is 0.667 bits per heavy atom. The molecule has 1 fully saturated rings. The van der Waals surface area contributed by atoms with Crippen molar-refractivity contribution in [2.75, 3.05) is 0 Å². The molecule has 0 bridgehead atoms. The van der Waals surface area contributed by atoms with Crippen molar-refractivity contribution in [2.45, 2.75) is 45.4 Å². The molecule has 0 heterocycles. The molecule has 1 heteroatoms. The summed E-state index contributed by atoms with van der Waals surface area (Å²) < 4.78 is 5.58. The Balaban J connectivity index is 0.000000173. The fraction of sp³-hybridized carbons (Fsp3) is 0.400. The molecule has 2 aromatic carbocycles. The number of benzene rings is 2. The lowest BCUT2D eigenvalue weighted by molar-refractivity contribution is 0.482. The molecule has 112 valence electrons. The summed E-state index contributed by atoms with van der Waals surface area (Å²) in [5.41, 5.74) is 0. The van der Waals surface area contributed by atoms with E-state index in [0.717, 1.165) is 17.4 Å². The molecule has 21 heavy (non-hydrogen) atoms. The van der Waals surface area contributed by atoms with Crippen LogP contribution in [0.25, 0.3) is 0 Å². The lowest BCUT2D eigenvalue weighted by atomic mass is 10.0. The van der Waals surface area contributed by atoms with E-state index in [9.17, 15) is 0 Å². The predicted molar refractivity (Wildman–Crippen MR) is 89.8 cm³/mol. The summed E-state index contributed by atoms with van der Waals surface area (Å²) in [6.07, 6.45) is 8.93. The van der Waals surface area contributed by atoms with Gasteiger partial charge in [-0.1, -0.05) is 81.8 Å². The molecule has 1 nitrogen and oxygen atoms in total. The molecule has 2 aromatic rings. The van der Waals surface area contributed by atoms with Crippen LogP contribution in [-0.2, 0) is 0 Å². The Hall–Kier alpha value is -1.76. The topological polar surface area (TPSA) is 9.23 Å². The summed E-state index contributed by atoms with van der Waals surface area (Å²) >= 11 is 0. The zero-order valence-electron chi connectivity index (χ0n) is 13.0. The smallest absolute Gasteiger partial charge is 0.127 e. The van der Waals surface area contributed by atoms with Crippen LogP contribution in [-0.4, -0.2) is 0 Å². The first-order chi connectivity index (χ1) is 10.3. The van der Waals surface area contributed by atoms with Crippen LogP contribution in [0.4, 0.5) is 0 Å². The molecule has 0 aliphatic heterocycles. The second-order valence-corrected chi connectivity index (χ2v) is 5.82. The van der Waals surface area contributed by atoms with Crippen molar-refractivity contribution < 1.29 is 4.74 Å². The molecule has 1 saturated carbocycles. The standard InChI is InChI=1S/C12H10O.C8H16/c1-3-7-11(8-4-1)13-12-9-5-2-6-10-12;1-8-6-4-2-3-5-7-8/h1-10H;8H,2-7H2,1H3. The molecule has 0 unspecified atom stereocenters. The van der Waals surface area contributed by atoms with E-state index in [2.05, 4.69) is 6.92 Å². The van der Waals surface area contributed by atoms with Gasteiger partial charge in [-0.05, 0) is 30.2 Å². The number of ether oxygens (including phenoxy) is 1. The normalized spacial score (nSPS) is 15.5. The Kier molecular flexibility index (Phi) is 6.87. The summed E-state index contributed by atoms with van der Waals surface area (Å²) in [4.78, 5) is 0. The average Bonchev–Trinajstić information content (AvgIpc) is 2.78. The molecule has 3 rings (SSSR count). The third-order valence-corrected chi connectivity index (χ3v) is 3.87. The summed E-state index contributed by atoms with van der Waals surface area (Å²) in [5, 5.41) is 0. The van der Waals surface area contributed by atoms with E-state index in [4.69, 9.17) is 4.74 Å². The first-order valence-electron chi connectivity index (χ1n) is 8.12. The lowest BCUT2D eigenvalue weighted by Gasteiger charge is -2.03. The van der Waals surface area contributed by atoms with Crippen molar-refractivity contribution in [1.82, 2.24) is 0 Å². The van der Waals surface area contributed by atoms with Crippen molar-refractivity contribution >= 4 is 0 Å². The van der Waals surface area contributed by atoms with Crippen molar-refractivity contribution in [1.29, 1.82) is 0 Å². The van der Waals surface area contributed by atoms with Crippen LogP contribution in [0, 0.1) is 5.92 Å². The molecule has 0 radical (unpaired) electrons. The number of hydrogen-bond acceptors (Lipinski definition) is 1. The molecule has 0 amide bonds. The predicted octanol–water partition coefficient (Wildman–Crippen LogP) is 6.46. The number of para-hydroxylation sites is 2. The molecule has 0 saturated heterocycles. The largest absolute Gasteiger partial charge is 0.457 e. The Morgan fingerprint density at radius 2 is 1.10 bits per heavy atom. The molecule has 1 aliphatic rings. The Morgan fingerprint density at radius 3 is 1.52 bits per heavy atom. The molecule has 0 atom stereocenters. The van der Waals surface area contributed by atoms with Crippen LogP contribution >= 0.6 is 0 Å². The molecule has 0 N–H and O–H groups in total. The van der Waals surface area contributed by atoms with Crippen molar-refractivity contribution in [2.24, 2.45) is 5.92 Å². The van der Waals surface area contributed by atoms with Gasteiger partial charge >= 0.3 is 0 Å². The van der Waals surface area contributed by atoms with E-state index < -0.39 is 0 Å². The summed E-state index contributed by atoms with van der Waals surface area (Å²) in [6, 6.07) is 19.5. The Bertz CT molecular complexity index is 432. The number of rotatable bonds is 2. The highest BCUT2D eigenvalue weighted by molar-refractivity contribution is 5.30. The highest BCUT2D eigenvalue weighted by Gasteiger charge is 2.05. The molecular formula is C20H26O. The van der Waals surface area contributed by atoms with Gasteiger partial charge in [0.25, 0.3) is 0 Å². The highest BCUT2D eigenvalue weighted by atomic mass is 16.5. The van der Waals surface area contributed by atoms with Gasteiger partial charge in [-0.2, -0.15) is 0 Å².